The number of unbranched alkanes of at least 4 members (excludes halogenated alkanes) is 3. The Balaban J connectivity index is 3.51. The second kappa shape index (κ2) is 8.26. The number of rotatable bonds is 8. The number of nitrogens with one attached hydrogen (secondary N) is 1. The molecule has 15 heavy (non-hydrogen) atoms. The Morgan fingerprint density at radius 1 is 1.27 bits per heavy atom. The molecule has 0 aromatic rings. The molecule has 0 rings (SSSR count). The van der Waals surface area contributed by atoms with Gasteiger partial charge in [0.2, 0.25) is 5.91 Å². The monoisotopic (exact) mass is 215 g/mol. The summed E-state index contributed by atoms with van der Waals surface area (Å²) in [5.41, 5.74) is 0. The molecule has 1 unspecified atom stereocenters. The summed E-state index contributed by atoms with van der Waals surface area (Å²) < 4.78 is 0. The van der Waals surface area contributed by atoms with Gasteiger partial charge in [-0.25, -0.2) is 0 Å². The van der Waals surface area contributed by atoms with Gasteiger partial charge in [-0.1, -0.05) is 33.1 Å². The lowest BCUT2D eigenvalue weighted by molar-refractivity contribution is -0.140. The van der Waals surface area contributed by atoms with E-state index in [9.17, 15) is 9.59 Å². The second-order valence-corrected chi connectivity index (χ2v) is 3.85. The maximum Gasteiger partial charge on any atom is 0.304 e. The molecule has 4 nitrogen and oxygen atoms in total. The lowest BCUT2D eigenvalue weighted by atomic mass is 10.1. The minimum atomic E-state index is -0.927. The van der Waals surface area contributed by atoms with Crippen molar-refractivity contribution >= 4 is 11.9 Å². The fourth-order valence-electron chi connectivity index (χ4n) is 1.29. The summed E-state index contributed by atoms with van der Waals surface area (Å²) in [6.45, 7) is 4.42. The Morgan fingerprint density at radius 2 is 1.93 bits per heavy atom. The smallest absolute Gasteiger partial charge is 0.304 e. The molecule has 1 atom stereocenters. The van der Waals surface area contributed by atoms with Crippen LogP contribution in [0.25, 0.3) is 0 Å². The van der Waals surface area contributed by atoms with E-state index in [-0.39, 0.29) is 12.3 Å². The Kier molecular flexibility index (Phi) is 7.68. The molecule has 0 saturated carbocycles. The molecule has 0 fully saturated rings. The van der Waals surface area contributed by atoms with Crippen molar-refractivity contribution in [2.45, 2.75) is 46.0 Å². The third-order valence-corrected chi connectivity index (χ3v) is 2.26. The molecule has 0 aliphatic heterocycles. The molecule has 0 heterocycles. The van der Waals surface area contributed by atoms with E-state index in [0.717, 1.165) is 12.8 Å². The van der Waals surface area contributed by atoms with Crippen LogP contribution in [0, 0.1) is 5.92 Å². The molecule has 0 saturated heterocycles. The third-order valence-electron chi connectivity index (χ3n) is 2.26. The molecule has 0 aliphatic carbocycles. The van der Waals surface area contributed by atoms with Gasteiger partial charge in [0, 0.05) is 12.5 Å². The summed E-state index contributed by atoms with van der Waals surface area (Å²) in [6.07, 6.45) is 4.34. The fourth-order valence-corrected chi connectivity index (χ4v) is 1.29. The molecule has 0 aliphatic rings. The van der Waals surface area contributed by atoms with Gasteiger partial charge >= 0.3 is 5.97 Å². The molecule has 0 aromatic carbocycles. The van der Waals surface area contributed by atoms with E-state index < -0.39 is 11.9 Å². The van der Waals surface area contributed by atoms with Gasteiger partial charge in [0.05, 0.1) is 6.42 Å². The number of hydrogen-bond donors (Lipinski definition) is 2. The first-order chi connectivity index (χ1) is 7.07. The number of carbonyl (C=O) groups excluding carboxylic acids is 1. The molecule has 0 aromatic heterocycles. The number of carboxylic acids is 1. The molecule has 1 amide bonds. The third kappa shape index (κ3) is 7.97. The van der Waals surface area contributed by atoms with Crippen LogP contribution in [-0.2, 0) is 9.59 Å². The van der Waals surface area contributed by atoms with Crippen LogP contribution >= 0.6 is 0 Å². The van der Waals surface area contributed by atoms with Crippen LogP contribution in [0.5, 0.6) is 0 Å². The first kappa shape index (κ1) is 13.9. The summed E-state index contributed by atoms with van der Waals surface area (Å²) in [5.74, 6) is -1.52. The molecular formula is C11H21NO3. The largest absolute Gasteiger partial charge is 0.481 e. The van der Waals surface area contributed by atoms with Crippen LogP contribution in [0.1, 0.15) is 46.0 Å². The maximum absolute atomic E-state index is 11.3. The van der Waals surface area contributed by atoms with Gasteiger partial charge in [-0.2, -0.15) is 0 Å². The lowest BCUT2D eigenvalue weighted by Gasteiger charge is -2.09. The standard InChI is InChI=1S/C11H21NO3/c1-3-4-5-6-7-12-11(15)9(2)8-10(13)14/h9H,3-8H2,1-2H3,(H,12,15)(H,13,14). The van der Waals surface area contributed by atoms with Gasteiger partial charge in [0.15, 0.2) is 0 Å². The molecule has 4 heteroatoms. The van der Waals surface area contributed by atoms with Gasteiger partial charge in [-0.15, -0.1) is 0 Å². The van der Waals surface area contributed by atoms with Crippen molar-refractivity contribution < 1.29 is 14.7 Å². The van der Waals surface area contributed by atoms with E-state index in [1.165, 1.54) is 12.8 Å². The quantitative estimate of drug-likeness (QED) is 0.607. The molecule has 0 radical (unpaired) electrons. The van der Waals surface area contributed by atoms with Crippen LogP contribution in [0.15, 0.2) is 0 Å². The van der Waals surface area contributed by atoms with Gasteiger partial charge < -0.3 is 10.4 Å². The summed E-state index contributed by atoms with van der Waals surface area (Å²) in [7, 11) is 0. The van der Waals surface area contributed by atoms with Crippen LogP contribution < -0.4 is 5.32 Å². The number of aliphatic carboxylic acids is 1. The van der Waals surface area contributed by atoms with Gasteiger partial charge in [-0.05, 0) is 6.42 Å². The van der Waals surface area contributed by atoms with Gasteiger partial charge in [0.1, 0.15) is 0 Å². The highest BCUT2D eigenvalue weighted by atomic mass is 16.4. The predicted octanol–water partition coefficient (Wildman–Crippen LogP) is 1.79. The highest BCUT2D eigenvalue weighted by Crippen LogP contribution is 2.02. The second-order valence-electron chi connectivity index (χ2n) is 3.85. The predicted molar refractivity (Wildman–Crippen MR) is 58.6 cm³/mol. The Morgan fingerprint density at radius 3 is 2.47 bits per heavy atom. The van der Waals surface area contributed by atoms with Crippen LogP contribution in [0.4, 0.5) is 0 Å². The molecule has 88 valence electrons. The van der Waals surface area contributed by atoms with Crippen molar-refractivity contribution in [3.63, 3.8) is 0 Å². The zero-order valence-electron chi connectivity index (χ0n) is 9.58. The van der Waals surface area contributed by atoms with Crippen molar-refractivity contribution in [3.8, 4) is 0 Å². The average molecular weight is 215 g/mol. The van der Waals surface area contributed by atoms with Crippen LogP contribution in [-0.4, -0.2) is 23.5 Å². The highest BCUT2D eigenvalue weighted by molar-refractivity contribution is 5.82. The zero-order valence-corrected chi connectivity index (χ0v) is 9.58. The van der Waals surface area contributed by atoms with E-state index in [0.29, 0.717) is 6.54 Å². The average Bonchev–Trinajstić information content (AvgIpc) is 2.16. The Hall–Kier alpha value is -1.06. The normalized spacial score (nSPS) is 12.1. The van der Waals surface area contributed by atoms with Crippen molar-refractivity contribution in [3.05, 3.63) is 0 Å². The minimum absolute atomic E-state index is 0.0964. The summed E-state index contributed by atoms with van der Waals surface area (Å²) in [6, 6.07) is 0. The highest BCUT2D eigenvalue weighted by Gasteiger charge is 2.15. The van der Waals surface area contributed by atoms with Crippen molar-refractivity contribution in [2.75, 3.05) is 6.54 Å². The molecule has 0 spiro atoms. The Labute approximate surface area is 91.1 Å². The minimum Gasteiger partial charge on any atom is -0.481 e. The number of carbonyl (C=O) groups is 2. The molecule has 0 bridgehead atoms. The summed E-state index contributed by atoms with van der Waals surface area (Å²) in [4.78, 5) is 21.7. The topological polar surface area (TPSA) is 66.4 Å². The van der Waals surface area contributed by atoms with Crippen molar-refractivity contribution in [1.82, 2.24) is 5.32 Å². The molecular weight excluding hydrogens is 194 g/mol. The number of carboxylic acid groups (broad SMARTS) is 1. The van der Waals surface area contributed by atoms with E-state index in [1.807, 2.05) is 0 Å². The SMILES string of the molecule is CCCCCCNC(=O)C(C)CC(=O)O. The van der Waals surface area contributed by atoms with Gasteiger partial charge in [-0.3, -0.25) is 9.59 Å². The van der Waals surface area contributed by atoms with E-state index >= 15 is 0 Å². The van der Waals surface area contributed by atoms with Crippen molar-refractivity contribution in [2.24, 2.45) is 5.92 Å². The van der Waals surface area contributed by atoms with Gasteiger partial charge in [0.25, 0.3) is 0 Å². The van der Waals surface area contributed by atoms with E-state index in [1.54, 1.807) is 6.92 Å². The van der Waals surface area contributed by atoms with Crippen LogP contribution in [0.3, 0.4) is 0 Å². The summed E-state index contributed by atoms with van der Waals surface area (Å²) >= 11 is 0. The Bertz CT molecular complexity index is 204. The lowest BCUT2D eigenvalue weighted by Crippen LogP contribution is -2.31. The number of amides is 1. The first-order valence-electron chi connectivity index (χ1n) is 5.57. The molecule has 2 N–H and O–H groups in total. The van der Waals surface area contributed by atoms with E-state index in [2.05, 4.69) is 12.2 Å². The maximum atomic E-state index is 11.3. The first-order valence-corrected chi connectivity index (χ1v) is 5.57. The summed E-state index contributed by atoms with van der Waals surface area (Å²) in [5, 5.41) is 11.2. The van der Waals surface area contributed by atoms with Crippen LogP contribution in [0.2, 0.25) is 0 Å². The zero-order chi connectivity index (χ0) is 11.7. The fraction of sp³-hybridized carbons (Fsp3) is 0.818. The van der Waals surface area contributed by atoms with E-state index in [4.69, 9.17) is 5.11 Å². The number of hydrogen-bond acceptors (Lipinski definition) is 2. The van der Waals surface area contributed by atoms with Crippen molar-refractivity contribution in [1.29, 1.82) is 0 Å².